The first-order valence-electron chi connectivity index (χ1n) is 4.24. The molecule has 2 rings (SSSR count). The van der Waals surface area contributed by atoms with Gasteiger partial charge in [0.15, 0.2) is 0 Å². The smallest absolute Gasteiger partial charge is 0.204 e. The van der Waals surface area contributed by atoms with Gasteiger partial charge in [0, 0.05) is 12.4 Å². The van der Waals surface area contributed by atoms with E-state index in [1.54, 1.807) is 17.0 Å². The highest BCUT2D eigenvalue weighted by atomic mass is 35.5. The number of imidazole rings is 1. The van der Waals surface area contributed by atoms with E-state index >= 15 is 0 Å². The Kier molecular flexibility index (Phi) is 2.17. The quantitative estimate of drug-likeness (QED) is 0.781. The minimum absolute atomic E-state index is 0.441. The highest BCUT2D eigenvalue weighted by Gasteiger charge is 2.05. The van der Waals surface area contributed by atoms with Crippen molar-refractivity contribution in [2.75, 3.05) is 5.73 Å². The van der Waals surface area contributed by atoms with Gasteiger partial charge < -0.3 is 5.73 Å². The van der Waals surface area contributed by atoms with E-state index in [2.05, 4.69) is 4.98 Å². The van der Waals surface area contributed by atoms with Crippen LogP contribution in [0.3, 0.4) is 0 Å². The third kappa shape index (κ3) is 1.46. The van der Waals surface area contributed by atoms with Crippen LogP contribution < -0.4 is 5.73 Å². The highest BCUT2D eigenvalue weighted by Crippen LogP contribution is 2.23. The van der Waals surface area contributed by atoms with E-state index in [-0.39, 0.29) is 0 Å². The minimum atomic E-state index is 0.441. The van der Waals surface area contributed by atoms with Gasteiger partial charge in [0.05, 0.1) is 10.7 Å². The van der Waals surface area contributed by atoms with Gasteiger partial charge in [-0.3, -0.25) is 4.57 Å². The molecule has 3 nitrogen and oxygen atoms in total. The molecule has 14 heavy (non-hydrogen) atoms. The third-order valence-corrected chi connectivity index (χ3v) is 2.33. The summed E-state index contributed by atoms with van der Waals surface area (Å²) in [6.45, 7) is 1.99. The lowest BCUT2D eigenvalue weighted by Gasteiger charge is -2.07. The van der Waals surface area contributed by atoms with Crippen molar-refractivity contribution in [3.63, 3.8) is 0 Å². The van der Waals surface area contributed by atoms with Gasteiger partial charge in [-0.1, -0.05) is 17.7 Å². The molecular formula is C10H10ClN3. The van der Waals surface area contributed by atoms with Crippen LogP contribution in [0.2, 0.25) is 5.02 Å². The number of nitrogen functional groups attached to an aromatic ring is 1. The minimum Gasteiger partial charge on any atom is -0.369 e. The van der Waals surface area contributed by atoms with Crippen LogP contribution in [0.5, 0.6) is 0 Å². The van der Waals surface area contributed by atoms with Crippen LogP contribution >= 0.6 is 11.6 Å². The molecule has 2 N–H and O–H groups in total. The molecule has 4 heteroatoms. The maximum Gasteiger partial charge on any atom is 0.204 e. The molecule has 0 spiro atoms. The van der Waals surface area contributed by atoms with E-state index in [0.29, 0.717) is 11.0 Å². The predicted molar refractivity (Wildman–Crippen MR) is 57.7 cm³/mol. The first-order chi connectivity index (χ1) is 6.68. The second-order valence-corrected chi connectivity index (χ2v) is 3.52. The van der Waals surface area contributed by atoms with Crippen LogP contribution in [0.1, 0.15) is 5.56 Å². The number of hydrogen-bond acceptors (Lipinski definition) is 2. The molecule has 1 aromatic heterocycles. The Morgan fingerprint density at radius 3 is 2.79 bits per heavy atom. The second-order valence-electron chi connectivity index (χ2n) is 3.11. The summed E-state index contributed by atoms with van der Waals surface area (Å²) in [5.41, 5.74) is 7.65. The molecule has 0 amide bonds. The average Bonchev–Trinajstić information content (AvgIpc) is 2.52. The van der Waals surface area contributed by atoms with Gasteiger partial charge in [-0.25, -0.2) is 4.98 Å². The fourth-order valence-electron chi connectivity index (χ4n) is 1.33. The molecule has 0 aliphatic rings. The number of benzene rings is 1. The number of anilines is 1. The van der Waals surface area contributed by atoms with Gasteiger partial charge in [0.25, 0.3) is 0 Å². The van der Waals surface area contributed by atoms with Gasteiger partial charge in [-0.2, -0.15) is 0 Å². The Morgan fingerprint density at radius 1 is 1.43 bits per heavy atom. The summed E-state index contributed by atoms with van der Waals surface area (Å²) in [5.74, 6) is 0.441. The zero-order valence-corrected chi connectivity index (χ0v) is 8.49. The van der Waals surface area contributed by atoms with Crippen LogP contribution in [-0.2, 0) is 0 Å². The molecule has 0 saturated heterocycles. The van der Waals surface area contributed by atoms with E-state index in [0.717, 1.165) is 11.3 Å². The zero-order chi connectivity index (χ0) is 10.1. The molecule has 0 unspecified atom stereocenters. The van der Waals surface area contributed by atoms with Crippen LogP contribution in [0, 0.1) is 6.92 Å². The van der Waals surface area contributed by atoms with Crippen molar-refractivity contribution in [3.8, 4) is 5.69 Å². The topological polar surface area (TPSA) is 43.8 Å². The van der Waals surface area contributed by atoms with Crippen LogP contribution in [0.25, 0.3) is 5.69 Å². The van der Waals surface area contributed by atoms with E-state index in [1.807, 2.05) is 25.1 Å². The lowest BCUT2D eigenvalue weighted by Crippen LogP contribution is -2.00. The van der Waals surface area contributed by atoms with Crippen molar-refractivity contribution >= 4 is 17.5 Å². The Hall–Kier alpha value is -1.48. The molecule has 72 valence electrons. The van der Waals surface area contributed by atoms with Gasteiger partial charge in [-0.15, -0.1) is 0 Å². The SMILES string of the molecule is Cc1ccc(-n2ccnc2N)c(Cl)c1. The van der Waals surface area contributed by atoms with Crippen LogP contribution in [-0.4, -0.2) is 9.55 Å². The molecule has 0 atom stereocenters. The molecule has 0 radical (unpaired) electrons. The Labute approximate surface area is 87.1 Å². The lowest BCUT2D eigenvalue weighted by molar-refractivity contribution is 1.07. The van der Waals surface area contributed by atoms with Crippen molar-refractivity contribution in [2.24, 2.45) is 0 Å². The average molecular weight is 208 g/mol. The molecule has 0 fully saturated rings. The van der Waals surface area contributed by atoms with Crippen molar-refractivity contribution in [2.45, 2.75) is 6.92 Å². The number of aromatic nitrogens is 2. The molecule has 0 aliphatic heterocycles. The van der Waals surface area contributed by atoms with Crippen molar-refractivity contribution in [3.05, 3.63) is 41.2 Å². The molecule has 1 heterocycles. The van der Waals surface area contributed by atoms with Crippen molar-refractivity contribution in [1.29, 1.82) is 0 Å². The van der Waals surface area contributed by atoms with Gasteiger partial charge >= 0.3 is 0 Å². The first-order valence-corrected chi connectivity index (χ1v) is 4.61. The monoisotopic (exact) mass is 207 g/mol. The van der Waals surface area contributed by atoms with Gasteiger partial charge in [0.2, 0.25) is 5.95 Å². The summed E-state index contributed by atoms with van der Waals surface area (Å²) in [7, 11) is 0. The standard InChI is InChI=1S/C10H10ClN3/c1-7-2-3-9(8(11)6-7)14-5-4-13-10(14)12/h2-6H,1H3,(H2,12,13). The number of hydrogen-bond donors (Lipinski definition) is 1. The second kappa shape index (κ2) is 3.35. The fourth-order valence-corrected chi connectivity index (χ4v) is 1.65. The Balaban J connectivity index is 2.58. The summed E-state index contributed by atoms with van der Waals surface area (Å²) in [4.78, 5) is 3.94. The summed E-state index contributed by atoms with van der Waals surface area (Å²) in [6, 6.07) is 5.81. The summed E-state index contributed by atoms with van der Waals surface area (Å²) in [6.07, 6.45) is 3.43. The predicted octanol–water partition coefficient (Wildman–Crippen LogP) is 2.42. The third-order valence-electron chi connectivity index (χ3n) is 2.03. The van der Waals surface area contributed by atoms with Crippen molar-refractivity contribution < 1.29 is 0 Å². The van der Waals surface area contributed by atoms with Crippen molar-refractivity contribution in [1.82, 2.24) is 9.55 Å². The maximum absolute atomic E-state index is 6.09. The number of nitrogens with two attached hydrogens (primary N) is 1. The number of rotatable bonds is 1. The fraction of sp³-hybridized carbons (Fsp3) is 0.100. The van der Waals surface area contributed by atoms with Gasteiger partial charge in [-0.05, 0) is 24.6 Å². The largest absolute Gasteiger partial charge is 0.369 e. The summed E-state index contributed by atoms with van der Waals surface area (Å²) in [5, 5.41) is 0.676. The molecule has 2 aromatic rings. The van der Waals surface area contributed by atoms with E-state index in [9.17, 15) is 0 Å². The summed E-state index contributed by atoms with van der Waals surface area (Å²) >= 11 is 6.09. The lowest BCUT2D eigenvalue weighted by atomic mass is 10.2. The normalized spacial score (nSPS) is 10.4. The first kappa shape index (κ1) is 9.09. The molecular weight excluding hydrogens is 198 g/mol. The van der Waals surface area contributed by atoms with Gasteiger partial charge in [0.1, 0.15) is 0 Å². The highest BCUT2D eigenvalue weighted by molar-refractivity contribution is 6.32. The Morgan fingerprint density at radius 2 is 2.21 bits per heavy atom. The number of aryl methyl sites for hydroxylation is 1. The van der Waals surface area contributed by atoms with E-state index in [4.69, 9.17) is 17.3 Å². The Bertz CT molecular complexity index is 462. The number of nitrogens with zero attached hydrogens (tertiary/aromatic N) is 2. The van der Waals surface area contributed by atoms with E-state index in [1.165, 1.54) is 0 Å². The van der Waals surface area contributed by atoms with Crippen LogP contribution in [0.15, 0.2) is 30.6 Å². The van der Waals surface area contributed by atoms with E-state index < -0.39 is 0 Å². The zero-order valence-electron chi connectivity index (χ0n) is 7.74. The molecule has 0 saturated carbocycles. The number of halogens is 1. The maximum atomic E-state index is 6.09. The molecule has 0 aliphatic carbocycles. The van der Waals surface area contributed by atoms with Crippen LogP contribution in [0.4, 0.5) is 5.95 Å². The summed E-state index contributed by atoms with van der Waals surface area (Å²) < 4.78 is 1.75. The molecule has 1 aromatic carbocycles. The molecule has 0 bridgehead atoms.